The molecule has 0 N–H and O–H groups in total. The number of carbonyl (C=O) groups is 1. The van der Waals surface area contributed by atoms with Gasteiger partial charge >= 0.3 is 0 Å². The number of carbonyl (C=O) groups excluding carboxylic acids is 1. The van der Waals surface area contributed by atoms with Crippen molar-refractivity contribution in [2.45, 2.75) is 26.8 Å². The lowest BCUT2D eigenvalue weighted by Crippen LogP contribution is -2.03. The molecule has 4 nitrogen and oxygen atoms in total. The molecule has 21 heavy (non-hydrogen) atoms. The first-order valence-corrected chi connectivity index (χ1v) is 7.26. The molecular weight excluding hydrogens is 288 g/mol. The Hall–Kier alpha value is -1.81. The number of hydrogen-bond acceptors (Lipinski definition) is 3. The molecule has 0 radical (unpaired) electrons. The first-order valence-electron chi connectivity index (χ1n) is 6.88. The predicted molar refractivity (Wildman–Crippen MR) is 83.0 cm³/mol. The molecule has 2 rings (SSSR count). The average molecular weight is 307 g/mol. The maximum Gasteiger partial charge on any atom is 0.255 e. The molecular formula is C16H19ClN2O2. The van der Waals surface area contributed by atoms with E-state index in [1.165, 1.54) is 0 Å². The van der Waals surface area contributed by atoms with Crippen LogP contribution in [0.3, 0.4) is 0 Å². The molecule has 0 aliphatic rings. The Labute approximate surface area is 129 Å². The van der Waals surface area contributed by atoms with Crippen LogP contribution in [0.5, 0.6) is 5.75 Å². The van der Waals surface area contributed by atoms with Crippen molar-refractivity contribution >= 4 is 16.8 Å². The lowest BCUT2D eigenvalue weighted by molar-refractivity contribution is 0.108. The Morgan fingerprint density at radius 1 is 1.33 bits per heavy atom. The Kier molecular flexibility index (Phi) is 5.02. The zero-order valence-corrected chi connectivity index (χ0v) is 13.2. The third-order valence-electron chi connectivity index (χ3n) is 3.16. The molecule has 5 heteroatoms. The second-order valence-corrected chi connectivity index (χ2v) is 5.75. The minimum absolute atomic E-state index is 0.420. The van der Waals surface area contributed by atoms with E-state index >= 15 is 0 Å². The second kappa shape index (κ2) is 6.76. The highest BCUT2D eigenvalue weighted by Gasteiger charge is 2.15. The summed E-state index contributed by atoms with van der Waals surface area (Å²) in [6, 6.07) is 7.76. The number of halogens is 1. The Balaban J connectivity index is 2.21. The van der Waals surface area contributed by atoms with Crippen molar-refractivity contribution in [3.63, 3.8) is 0 Å². The molecule has 1 heterocycles. The number of hydrogen-bond donors (Lipinski definition) is 0. The van der Waals surface area contributed by atoms with Gasteiger partial charge in [-0.15, -0.1) is 0 Å². The van der Waals surface area contributed by atoms with E-state index in [1.54, 1.807) is 18.0 Å². The summed E-state index contributed by atoms with van der Waals surface area (Å²) in [4.78, 5) is 11.5. The van der Waals surface area contributed by atoms with Crippen LogP contribution >= 0.6 is 11.6 Å². The third kappa shape index (κ3) is 4.08. The largest absolute Gasteiger partial charge is 0.497 e. The summed E-state index contributed by atoms with van der Waals surface area (Å²) >= 11 is 5.64. The van der Waals surface area contributed by atoms with E-state index in [2.05, 4.69) is 18.9 Å². The molecule has 2 aromatic rings. The average Bonchev–Trinajstić information content (AvgIpc) is 2.81. The summed E-state index contributed by atoms with van der Waals surface area (Å²) in [6.45, 7) is 4.77. The van der Waals surface area contributed by atoms with Gasteiger partial charge in [0.05, 0.1) is 24.9 Å². The van der Waals surface area contributed by atoms with Gasteiger partial charge in [-0.05, 0) is 41.6 Å². The van der Waals surface area contributed by atoms with Crippen LogP contribution in [0.2, 0.25) is 0 Å². The fourth-order valence-electron chi connectivity index (χ4n) is 2.16. The van der Waals surface area contributed by atoms with Crippen molar-refractivity contribution in [3.8, 4) is 5.75 Å². The van der Waals surface area contributed by atoms with Crippen molar-refractivity contribution in [3.05, 3.63) is 47.3 Å². The molecule has 112 valence electrons. The molecule has 0 aliphatic carbocycles. The van der Waals surface area contributed by atoms with Gasteiger partial charge in [0.25, 0.3) is 5.24 Å². The number of nitrogens with zero attached hydrogens (tertiary/aromatic N) is 2. The number of aromatic nitrogens is 2. The molecule has 1 aromatic carbocycles. The third-order valence-corrected chi connectivity index (χ3v) is 3.36. The maximum atomic E-state index is 11.5. The van der Waals surface area contributed by atoms with Crippen LogP contribution in [0.4, 0.5) is 0 Å². The molecule has 0 fully saturated rings. The molecule has 0 atom stereocenters. The molecule has 0 spiro atoms. The van der Waals surface area contributed by atoms with E-state index in [0.717, 1.165) is 23.4 Å². The van der Waals surface area contributed by atoms with E-state index in [-0.39, 0.29) is 0 Å². The van der Waals surface area contributed by atoms with Crippen LogP contribution in [0.25, 0.3) is 0 Å². The molecule has 0 bridgehead atoms. The highest BCUT2D eigenvalue weighted by Crippen LogP contribution is 2.17. The Bertz CT molecular complexity index is 618. The smallest absolute Gasteiger partial charge is 0.255 e. The van der Waals surface area contributed by atoms with Gasteiger partial charge < -0.3 is 4.74 Å². The fourth-order valence-corrected chi connectivity index (χ4v) is 2.32. The van der Waals surface area contributed by atoms with Crippen LogP contribution in [0.1, 0.15) is 35.5 Å². The summed E-state index contributed by atoms with van der Waals surface area (Å²) in [5.74, 6) is 1.24. The van der Waals surface area contributed by atoms with Crippen LogP contribution in [-0.4, -0.2) is 22.1 Å². The number of rotatable bonds is 6. The zero-order chi connectivity index (χ0) is 15.4. The van der Waals surface area contributed by atoms with Crippen molar-refractivity contribution in [2.24, 2.45) is 5.92 Å². The van der Waals surface area contributed by atoms with Crippen molar-refractivity contribution in [2.75, 3.05) is 7.11 Å². The normalized spacial score (nSPS) is 10.9. The second-order valence-electron chi connectivity index (χ2n) is 5.41. The van der Waals surface area contributed by atoms with E-state index in [1.807, 2.05) is 24.3 Å². The monoisotopic (exact) mass is 306 g/mol. The van der Waals surface area contributed by atoms with Crippen molar-refractivity contribution < 1.29 is 9.53 Å². The molecule has 0 saturated carbocycles. The number of methoxy groups -OCH3 is 1. The van der Waals surface area contributed by atoms with Gasteiger partial charge in [0, 0.05) is 6.20 Å². The van der Waals surface area contributed by atoms with E-state index in [0.29, 0.717) is 18.0 Å². The van der Waals surface area contributed by atoms with Gasteiger partial charge in [0.2, 0.25) is 0 Å². The standard InChI is InChI=1S/C16H19ClN2O2/c1-11(2)8-15-14(16(17)20)10-19(18-15)9-12-4-6-13(21-3)7-5-12/h4-7,10-11H,8-9H2,1-3H3. The molecule has 1 aromatic heterocycles. The van der Waals surface area contributed by atoms with E-state index in [9.17, 15) is 4.79 Å². The van der Waals surface area contributed by atoms with Crippen molar-refractivity contribution in [1.29, 1.82) is 0 Å². The summed E-state index contributed by atoms with van der Waals surface area (Å²) in [7, 11) is 1.64. The topological polar surface area (TPSA) is 44.1 Å². The van der Waals surface area contributed by atoms with Gasteiger partial charge in [-0.2, -0.15) is 5.10 Å². The van der Waals surface area contributed by atoms with Gasteiger partial charge in [-0.3, -0.25) is 9.48 Å². The quantitative estimate of drug-likeness (QED) is 0.767. The predicted octanol–water partition coefficient (Wildman–Crippen LogP) is 3.52. The zero-order valence-electron chi connectivity index (χ0n) is 12.5. The van der Waals surface area contributed by atoms with Crippen LogP contribution in [0.15, 0.2) is 30.5 Å². The molecule has 0 saturated heterocycles. The Morgan fingerprint density at radius 3 is 2.52 bits per heavy atom. The van der Waals surface area contributed by atoms with Crippen LogP contribution < -0.4 is 4.74 Å². The van der Waals surface area contributed by atoms with Gasteiger partial charge in [0.1, 0.15) is 5.75 Å². The van der Waals surface area contributed by atoms with E-state index < -0.39 is 5.24 Å². The minimum atomic E-state index is -0.452. The van der Waals surface area contributed by atoms with Crippen LogP contribution in [-0.2, 0) is 13.0 Å². The molecule has 0 amide bonds. The summed E-state index contributed by atoms with van der Waals surface area (Å²) in [6.07, 6.45) is 2.46. The lowest BCUT2D eigenvalue weighted by Gasteiger charge is -2.04. The maximum absolute atomic E-state index is 11.5. The Morgan fingerprint density at radius 2 is 2.00 bits per heavy atom. The highest BCUT2D eigenvalue weighted by atomic mass is 35.5. The molecule has 0 aliphatic heterocycles. The van der Waals surface area contributed by atoms with Gasteiger partial charge in [0.15, 0.2) is 0 Å². The SMILES string of the molecule is COc1ccc(Cn2cc(C(=O)Cl)c(CC(C)C)n2)cc1. The van der Waals surface area contributed by atoms with Crippen LogP contribution in [0, 0.1) is 5.92 Å². The first-order chi connectivity index (χ1) is 9.99. The first kappa shape index (κ1) is 15.6. The van der Waals surface area contributed by atoms with Gasteiger partial charge in [-0.1, -0.05) is 26.0 Å². The number of ether oxygens (including phenoxy) is 1. The lowest BCUT2D eigenvalue weighted by atomic mass is 10.1. The summed E-state index contributed by atoms with van der Waals surface area (Å²) < 4.78 is 6.89. The van der Waals surface area contributed by atoms with Gasteiger partial charge in [-0.25, -0.2) is 0 Å². The molecule has 0 unspecified atom stereocenters. The fraction of sp³-hybridized carbons (Fsp3) is 0.375. The summed E-state index contributed by atoms with van der Waals surface area (Å²) in [5.41, 5.74) is 2.35. The number of benzene rings is 1. The highest BCUT2D eigenvalue weighted by molar-refractivity contribution is 6.67. The summed E-state index contributed by atoms with van der Waals surface area (Å²) in [5, 5.41) is 4.04. The van der Waals surface area contributed by atoms with Crippen molar-refractivity contribution in [1.82, 2.24) is 9.78 Å². The minimum Gasteiger partial charge on any atom is -0.497 e. The van der Waals surface area contributed by atoms with E-state index in [4.69, 9.17) is 16.3 Å².